The van der Waals surface area contributed by atoms with Crippen molar-refractivity contribution in [2.45, 2.75) is 6.92 Å². The molecule has 0 unspecified atom stereocenters. The van der Waals surface area contributed by atoms with E-state index in [2.05, 4.69) is 10.6 Å². The van der Waals surface area contributed by atoms with Crippen molar-refractivity contribution in [2.75, 3.05) is 31.7 Å². The molecule has 0 saturated carbocycles. The number of carbonyl (C=O) groups is 2. The third-order valence-corrected chi connectivity index (χ3v) is 4.41. The van der Waals surface area contributed by atoms with E-state index < -0.39 is 16.5 Å². The van der Waals surface area contributed by atoms with Crippen LogP contribution in [0.25, 0.3) is 6.08 Å². The molecule has 0 atom stereocenters. The van der Waals surface area contributed by atoms with Crippen LogP contribution in [-0.4, -0.2) is 43.1 Å². The van der Waals surface area contributed by atoms with Gasteiger partial charge < -0.3 is 24.8 Å². The van der Waals surface area contributed by atoms with E-state index >= 15 is 0 Å². The molecule has 1 aliphatic rings. The molecule has 0 radical (unpaired) electrons. The Balaban J connectivity index is 1.74. The van der Waals surface area contributed by atoms with Gasteiger partial charge in [-0.15, -0.1) is 0 Å². The van der Waals surface area contributed by atoms with Gasteiger partial charge in [-0.25, -0.2) is 0 Å². The van der Waals surface area contributed by atoms with E-state index in [-0.39, 0.29) is 48.5 Å². The van der Waals surface area contributed by atoms with Crippen LogP contribution in [0.3, 0.4) is 0 Å². The second-order valence-electron chi connectivity index (χ2n) is 6.71. The number of anilines is 1. The summed E-state index contributed by atoms with van der Waals surface area (Å²) in [4.78, 5) is 34.8. The van der Waals surface area contributed by atoms with Crippen molar-refractivity contribution in [2.24, 2.45) is 0 Å². The number of nitriles is 1. The monoisotopic (exact) mass is 452 g/mol. The molecule has 2 N–H and O–H groups in total. The van der Waals surface area contributed by atoms with E-state index in [1.165, 1.54) is 18.2 Å². The highest BCUT2D eigenvalue weighted by molar-refractivity contribution is 6.10. The third kappa shape index (κ3) is 5.98. The maximum absolute atomic E-state index is 12.6. The van der Waals surface area contributed by atoms with Gasteiger partial charge in [0.25, 0.3) is 17.5 Å². The second kappa shape index (κ2) is 10.6. The van der Waals surface area contributed by atoms with Crippen LogP contribution in [0.2, 0.25) is 0 Å². The molecule has 2 aromatic carbocycles. The van der Waals surface area contributed by atoms with Crippen molar-refractivity contribution in [1.29, 1.82) is 5.26 Å². The largest absolute Gasteiger partial charge is 0.486 e. The van der Waals surface area contributed by atoms with Gasteiger partial charge in [-0.2, -0.15) is 5.26 Å². The van der Waals surface area contributed by atoms with Gasteiger partial charge in [0.15, 0.2) is 18.1 Å². The van der Waals surface area contributed by atoms with Gasteiger partial charge in [0.2, 0.25) is 0 Å². The minimum absolute atomic E-state index is 0.121. The number of nitrogens with zero attached hydrogens (tertiary/aromatic N) is 2. The standard InChI is InChI=1S/C22H20N4O7/c1-2-24-21(27)13-33-16-5-3-14(4-6-16)9-15(12-23)22(28)25-17-10-19-20(32-8-7-31-19)11-18(17)26(29)30/h3-6,9-11H,2,7-8,13H2,1H3,(H,24,27)(H,25,28)/b15-9-. The molecule has 11 nitrogen and oxygen atoms in total. The van der Waals surface area contributed by atoms with E-state index in [1.807, 2.05) is 0 Å². The lowest BCUT2D eigenvalue weighted by molar-refractivity contribution is -0.384. The van der Waals surface area contributed by atoms with Gasteiger partial charge in [0, 0.05) is 12.6 Å². The highest BCUT2D eigenvalue weighted by Crippen LogP contribution is 2.39. The normalized spacial score (nSPS) is 12.3. The molecule has 0 aromatic heterocycles. The number of amides is 2. The number of hydrogen-bond acceptors (Lipinski definition) is 8. The van der Waals surface area contributed by atoms with Crippen molar-refractivity contribution in [3.05, 3.63) is 57.6 Å². The number of rotatable bonds is 8. The number of likely N-dealkylation sites (N-methyl/N-ethyl adjacent to an activating group) is 1. The Labute approximate surface area is 188 Å². The maximum Gasteiger partial charge on any atom is 0.296 e. The fourth-order valence-electron chi connectivity index (χ4n) is 2.89. The van der Waals surface area contributed by atoms with Crippen LogP contribution in [0.1, 0.15) is 12.5 Å². The van der Waals surface area contributed by atoms with Gasteiger partial charge in [0.05, 0.1) is 11.0 Å². The molecule has 3 rings (SSSR count). The van der Waals surface area contributed by atoms with Crippen LogP contribution >= 0.6 is 0 Å². The Morgan fingerprint density at radius 2 is 1.88 bits per heavy atom. The summed E-state index contributed by atoms with van der Waals surface area (Å²) in [5, 5.41) is 25.9. The number of nitrogens with one attached hydrogen (secondary N) is 2. The first-order chi connectivity index (χ1) is 15.9. The van der Waals surface area contributed by atoms with Crippen LogP contribution in [0.15, 0.2) is 42.0 Å². The lowest BCUT2D eigenvalue weighted by Crippen LogP contribution is -2.28. The van der Waals surface area contributed by atoms with Crippen LogP contribution < -0.4 is 24.8 Å². The van der Waals surface area contributed by atoms with Gasteiger partial charge in [0.1, 0.15) is 36.3 Å². The Kier molecular flexibility index (Phi) is 7.43. The molecule has 2 amide bonds. The Hall–Kier alpha value is -4.59. The first-order valence-corrected chi connectivity index (χ1v) is 9.92. The summed E-state index contributed by atoms with van der Waals surface area (Å²) in [5.74, 6) is -0.176. The number of nitro benzene ring substituents is 1. The quantitative estimate of drug-likeness (QED) is 0.268. The van der Waals surface area contributed by atoms with Crippen LogP contribution in [0.5, 0.6) is 17.2 Å². The molecular formula is C22H20N4O7. The van der Waals surface area contributed by atoms with E-state index in [0.29, 0.717) is 17.9 Å². The fraction of sp³-hybridized carbons (Fsp3) is 0.227. The summed E-state index contributed by atoms with van der Waals surface area (Å²) in [6.45, 7) is 2.69. The van der Waals surface area contributed by atoms with Crippen molar-refractivity contribution in [3.8, 4) is 23.3 Å². The smallest absolute Gasteiger partial charge is 0.296 e. The number of ether oxygens (including phenoxy) is 3. The summed E-state index contributed by atoms with van der Waals surface area (Å²) in [5.41, 5.74) is -0.262. The van der Waals surface area contributed by atoms with Crippen molar-refractivity contribution in [1.82, 2.24) is 5.32 Å². The number of hydrogen-bond donors (Lipinski definition) is 2. The number of fused-ring (bicyclic) bond motifs is 1. The Morgan fingerprint density at radius 3 is 2.48 bits per heavy atom. The van der Waals surface area contributed by atoms with Gasteiger partial charge in [-0.1, -0.05) is 12.1 Å². The number of carbonyl (C=O) groups excluding carboxylic acids is 2. The Morgan fingerprint density at radius 1 is 1.21 bits per heavy atom. The number of benzene rings is 2. The summed E-state index contributed by atoms with van der Waals surface area (Å²) < 4.78 is 16.1. The minimum atomic E-state index is -0.825. The van der Waals surface area contributed by atoms with Gasteiger partial charge >= 0.3 is 0 Å². The zero-order chi connectivity index (χ0) is 23.8. The zero-order valence-corrected chi connectivity index (χ0v) is 17.6. The third-order valence-electron chi connectivity index (χ3n) is 4.41. The molecule has 0 saturated heterocycles. The summed E-state index contributed by atoms with van der Waals surface area (Å²) in [6, 6.07) is 10.6. The van der Waals surface area contributed by atoms with Crippen LogP contribution in [0.4, 0.5) is 11.4 Å². The predicted molar refractivity (Wildman–Crippen MR) is 117 cm³/mol. The van der Waals surface area contributed by atoms with Crippen LogP contribution in [-0.2, 0) is 9.59 Å². The van der Waals surface area contributed by atoms with Gasteiger partial charge in [-0.3, -0.25) is 19.7 Å². The van der Waals surface area contributed by atoms with E-state index in [4.69, 9.17) is 14.2 Å². The average molecular weight is 452 g/mol. The molecule has 0 fully saturated rings. The SMILES string of the molecule is CCNC(=O)COc1ccc(/C=C(/C#N)C(=O)Nc2cc3c(cc2[N+](=O)[O-])OCCO3)cc1. The predicted octanol–water partition coefficient (Wildman–Crippen LogP) is 2.43. The lowest BCUT2D eigenvalue weighted by Gasteiger charge is -2.19. The van der Waals surface area contributed by atoms with E-state index in [0.717, 1.165) is 0 Å². The molecular weight excluding hydrogens is 432 g/mol. The van der Waals surface area contributed by atoms with Crippen LogP contribution in [0, 0.1) is 21.4 Å². The average Bonchev–Trinajstić information content (AvgIpc) is 2.81. The van der Waals surface area contributed by atoms with Crippen molar-refractivity contribution in [3.63, 3.8) is 0 Å². The summed E-state index contributed by atoms with van der Waals surface area (Å²) in [6.07, 6.45) is 1.33. The van der Waals surface area contributed by atoms with E-state index in [1.54, 1.807) is 37.3 Å². The molecule has 170 valence electrons. The molecule has 33 heavy (non-hydrogen) atoms. The first kappa shape index (κ1) is 23.1. The first-order valence-electron chi connectivity index (χ1n) is 9.92. The van der Waals surface area contributed by atoms with E-state index in [9.17, 15) is 25.0 Å². The molecule has 0 spiro atoms. The van der Waals surface area contributed by atoms with Crippen molar-refractivity contribution < 1.29 is 28.7 Å². The van der Waals surface area contributed by atoms with Gasteiger partial charge in [-0.05, 0) is 30.7 Å². The number of nitro groups is 1. The lowest BCUT2D eigenvalue weighted by atomic mass is 10.1. The minimum Gasteiger partial charge on any atom is -0.486 e. The molecule has 11 heteroatoms. The second-order valence-corrected chi connectivity index (χ2v) is 6.71. The molecule has 2 aromatic rings. The molecule has 0 aliphatic carbocycles. The maximum atomic E-state index is 12.6. The zero-order valence-electron chi connectivity index (χ0n) is 17.6. The Bertz CT molecular complexity index is 1140. The summed E-state index contributed by atoms with van der Waals surface area (Å²) in [7, 11) is 0. The molecule has 1 heterocycles. The molecule has 0 bridgehead atoms. The fourth-order valence-corrected chi connectivity index (χ4v) is 2.89. The summed E-state index contributed by atoms with van der Waals surface area (Å²) >= 11 is 0. The highest BCUT2D eigenvalue weighted by atomic mass is 16.6. The topological polar surface area (TPSA) is 153 Å². The highest BCUT2D eigenvalue weighted by Gasteiger charge is 2.24. The molecule has 1 aliphatic heterocycles. The van der Waals surface area contributed by atoms with Crippen molar-refractivity contribution >= 4 is 29.3 Å².